The van der Waals surface area contributed by atoms with Crippen molar-refractivity contribution in [3.63, 3.8) is 0 Å². The molecule has 0 heterocycles. The van der Waals surface area contributed by atoms with Crippen LogP contribution in [0, 0.1) is 18.3 Å². The molecular formula is C17H20N2O2. The number of benzene rings is 1. The van der Waals surface area contributed by atoms with E-state index in [1.54, 1.807) is 24.3 Å². The fraction of sp³-hybridized carbons (Fsp3) is 0.412. The second-order valence-electron chi connectivity index (χ2n) is 5.34. The molecule has 2 N–H and O–H groups in total. The first-order valence-corrected chi connectivity index (χ1v) is 7.31. The summed E-state index contributed by atoms with van der Waals surface area (Å²) >= 11 is 0. The Bertz CT molecular complexity index is 554. The Morgan fingerprint density at radius 3 is 2.67 bits per heavy atom. The SMILES string of the molecule is C#CCNC(=O)c1ccccc1NC(=O)CC1CCCC1. The first-order valence-electron chi connectivity index (χ1n) is 7.31. The van der Waals surface area contributed by atoms with Crippen LogP contribution in [0.25, 0.3) is 0 Å². The van der Waals surface area contributed by atoms with Crippen LogP contribution in [0.3, 0.4) is 0 Å². The van der Waals surface area contributed by atoms with E-state index in [9.17, 15) is 9.59 Å². The normalized spacial score (nSPS) is 14.4. The van der Waals surface area contributed by atoms with Crippen molar-refractivity contribution in [2.24, 2.45) is 5.92 Å². The van der Waals surface area contributed by atoms with Gasteiger partial charge in [-0.05, 0) is 30.9 Å². The predicted octanol–water partition coefficient (Wildman–Crippen LogP) is 2.57. The van der Waals surface area contributed by atoms with E-state index < -0.39 is 0 Å². The van der Waals surface area contributed by atoms with Crippen molar-refractivity contribution in [1.82, 2.24) is 5.32 Å². The third-order valence-corrected chi connectivity index (χ3v) is 3.75. The zero-order chi connectivity index (χ0) is 15.1. The maximum absolute atomic E-state index is 12.1. The lowest BCUT2D eigenvalue weighted by Crippen LogP contribution is -2.25. The minimum Gasteiger partial charge on any atom is -0.341 e. The van der Waals surface area contributed by atoms with Crippen LogP contribution in [-0.2, 0) is 4.79 Å². The summed E-state index contributed by atoms with van der Waals surface area (Å²) in [6.45, 7) is 0.170. The quantitative estimate of drug-likeness (QED) is 0.816. The molecule has 4 nitrogen and oxygen atoms in total. The van der Waals surface area contributed by atoms with E-state index in [2.05, 4.69) is 16.6 Å². The summed E-state index contributed by atoms with van der Waals surface area (Å²) in [5.41, 5.74) is 0.975. The number of carbonyl (C=O) groups excluding carboxylic acids is 2. The van der Waals surface area contributed by atoms with E-state index in [4.69, 9.17) is 6.42 Å². The zero-order valence-corrected chi connectivity index (χ0v) is 12.0. The number of amides is 2. The van der Waals surface area contributed by atoms with Crippen LogP contribution in [0.2, 0.25) is 0 Å². The van der Waals surface area contributed by atoms with Crippen molar-refractivity contribution in [3.8, 4) is 12.3 Å². The molecule has 1 saturated carbocycles. The number of hydrogen-bond donors (Lipinski definition) is 2. The highest BCUT2D eigenvalue weighted by Crippen LogP contribution is 2.28. The Morgan fingerprint density at radius 1 is 1.24 bits per heavy atom. The molecule has 1 aromatic rings. The molecule has 21 heavy (non-hydrogen) atoms. The van der Waals surface area contributed by atoms with Gasteiger partial charge in [0.1, 0.15) is 0 Å². The number of rotatable bonds is 5. The van der Waals surface area contributed by atoms with Crippen molar-refractivity contribution in [2.45, 2.75) is 32.1 Å². The van der Waals surface area contributed by atoms with Crippen molar-refractivity contribution in [1.29, 1.82) is 0 Å². The molecule has 0 aliphatic heterocycles. The highest BCUT2D eigenvalue weighted by Gasteiger charge is 2.19. The maximum atomic E-state index is 12.1. The summed E-state index contributed by atoms with van der Waals surface area (Å²) in [6, 6.07) is 6.97. The molecule has 2 rings (SSSR count). The van der Waals surface area contributed by atoms with Gasteiger partial charge >= 0.3 is 0 Å². The van der Waals surface area contributed by atoms with Crippen molar-refractivity contribution >= 4 is 17.5 Å². The van der Waals surface area contributed by atoms with E-state index in [-0.39, 0.29) is 18.4 Å². The predicted molar refractivity (Wildman–Crippen MR) is 82.8 cm³/mol. The van der Waals surface area contributed by atoms with Crippen LogP contribution >= 0.6 is 0 Å². The first kappa shape index (κ1) is 15.1. The molecule has 0 radical (unpaired) electrons. The third kappa shape index (κ3) is 4.35. The van der Waals surface area contributed by atoms with Gasteiger partial charge in [-0.3, -0.25) is 9.59 Å². The molecule has 0 unspecified atom stereocenters. The third-order valence-electron chi connectivity index (χ3n) is 3.75. The summed E-state index contributed by atoms with van der Waals surface area (Å²) < 4.78 is 0. The van der Waals surface area contributed by atoms with E-state index in [1.165, 1.54) is 12.8 Å². The van der Waals surface area contributed by atoms with Crippen LogP contribution in [0.4, 0.5) is 5.69 Å². The summed E-state index contributed by atoms with van der Waals surface area (Å²) in [7, 11) is 0. The van der Waals surface area contributed by atoms with E-state index in [1.807, 2.05) is 0 Å². The van der Waals surface area contributed by atoms with E-state index in [0.29, 0.717) is 23.6 Å². The minimum atomic E-state index is -0.273. The average molecular weight is 284 g/mol. The molecule has 1 aromatic carbocycles. The molecule has 0 aromatic heterocycles. The van der Waals surface area contributed by atoms with Crippen LogP contribution in [0.15, 0.2) is 24.3 Å². The van der Waals surface area contributed by atoms with Crippen molar-refractivity contribution in [3.05, 3.63) is 29.8 Å². The molecule has 1 aliphatic carbocycles. The number of hydrogen-bond acceptors (Lipinski definition) is 2. The number of anilines is 1. The Morgan fingerprint density at radius 2 is 1.95 bits per heavy atom. The van der Waals surface area contributed by atoms with Gasteiger partial charge in [0.2, 0.25) is 5.91 Å². The van der Waals surface area contributed by atoms with Gasteiger partial charge in [-0.2, -0.15) is 0 Å². The summed E-state index contributed by atoms with van der Waals surface area (Å²) in [5, 5.41) is 5.45. The highest BCUT2D eigenvalue weighted by atomic mass is 16.2. The minimum absolute atomic E-state index is 0.0286. The second-order valence-corrected chi connectivity index (χ2v) is 5.34. The van der Waals surface area contributed by atoms with Gasteiger partial charge in [-0.15, -0.1) is 6.42 Å². The lowest BCUT2D eigenvalue weighted by atomic mass is 10.0. The van der Waals surface area contributed by atoms with Crippen molar-refractivity contribution in [2.75, 3.05) is 11.9 Å². The number of carbonyl (C=O) groups is 2. The Kier molecular flexibility index (Phi) is 5.39. The molecule has 0 atom stereocenters. The van der Waals surface area contributed by atoms with Gasteiger partial charge in [-0.25, -0.2) is 0 Å². The molecular weight excluding hydrogens is 264 g/mol. The second kappa shape index (κ2) is 7.49. The van der Waals surface area contributed by atoms with Gasteiger partial charge in [0.15, 0.2) is 0 Å². The Labute approximate surface area is 125 Å². The van der Waals surface area contributed by atoms with Gasteiger partial charge in [-0.1, -0.05) is 30.9 Å². The average Bonchev–Trinajstić information content (AvgIpc) is 2.98. The topological polar surface area (TPSA) is 58.2 Å². The highest BCUT2D eigenvalue weighted by molar-refractivity contribution is 6.03. The lowest BCUT2D eigenvalue weighted by Gasteiger charge is -2.12. The van der Waals surface area contributed by atoms with Gasteiger partial charge in [0.05, 0.1) is 17.8 Å². The molecule has 0 spiro atoms. The molecule has 0 saturated heterocycles. The molecule has 1 aliphatic rings. The van der Waals surface area contributed by atoms with Crippen molar-refractivity contribution < 1.29 is 9.59 Å². The maximum Gasteiger partial charge on any atom is 0.254 e. The van der Waals surface area contributed by atoms with Gasteiger partial charge in [0, 0.05) is 6.42 Å². The van der Waals surface area contributed by atoms with Gasteiger partial charge in [0.25, 0.3) is 5.91 Å². The van der Waals surface area contributed by atoms with Gasteiger partial charge < -0.3 is 10.6 Å². The molecule has 4 heteroatoms. The largest absolute Gasteiger partial charge is 0.341 e. The fourth-order valence-electron chi connectivity index (χ4n) is 2.69. The summed E-state index contributed by atoms with van der Waals surface area (Å²) in [6.07, 6.45) is 10.3. The monoisotopic (exact) mass is 284 g/mol. The van der Waals surface area contributed by atoms with Crippen LogP contribution in [0.1, 0.15) is 42.5 Å². The smallest absolute Gasteiger partial charge is 0.254 e. The molecule has 0 bridgehead atoms. The van der Waals surface area contributed by atoms with Crippen LogP contribution < -0.4 is 10.6 Å². The van der Waals surface area contributed by atoms with Crippen LogP contribution in [0.5, 0.6) is 0 Å². The number of para-hydroxylation sites is 1. The van der Waals surface area contributed by atoms with E-state index >= 15 is 0 Å². The molecule has 1 fully saturated rings. The summed E-state index contributed by atoms with van der Waals surface area (Å²) in [4.78, 5) is 24.1. The standard InChI is InChI=1S/C17H20N2O2/c1-2-11-18-17(21)14-9-5-6-10-15(14)19-16(20)12-13-7-3-4-8-13/h1,5-6,9-10,13H,3-4,7-8,11-12H2,(H,18,21)(H,19,20). The Balaban J connectivity index is 2.00. The number of terminal acetylenes is 1. The fourth-order valence-corrected chi connectivity index (χ4v) is 2.69. The summed E-state index contributed by atoms with van der Waals surface area (Å²) in [5.74, 6) is 2.53. The molecule has 110 valence electrons. The van der Waals surface area contributed by atoms with E-state index in [0.717, 1.165) is 12.8 Å². The number of nitrogens with one attached hydrogen (secondary N) is 2. The zero-order valence-electron chi connectivity index (χ0n) is 12.0. The molecule has 2 amide bonds. The Hall–Kier alpha value is -2.28. The van der Waals surface area contributed by atoms with Crippen LogP contribution in [-0.4, -0.2) is 18.4 Å². The first-order chi connectivity index (χ1) is 10.2. The lowest BCUT2D eigenvalue weighted by molar-refractivity contribution is -0.117.